The highest BCUT2D eigenvalue weighted by Crippen LogP contribution is 2.38. The molecule has 1 aromatic rings. The number of hydrogen-bond donors (Lipinski definition) is 1. The summed E-state index contributed by atoms with van der Waals surface area (Å²) in [5, 5.41) is 9.42. The monoisotopic (exact) mass is 340 g/mol. The highest BCUT2D eigenvalue weighted by molar-refractivity contribution is 5.97. The number of benzene rings is 1. The standard InChI is InChI=1S/C16H18F2N2O4/c1-19-6-4-16(5-7-19)20(13(9-24-16)15(22)23)14(21)11-3-2-10(17)8-12(11)18/h2-3,8,13H,4-7,9H2,1H3,(H,22,23)/t13-/m0/s1. The third kappa shape index (κ3) is 2.76. The molecule has 2 fully saturated rings. The number of carboxylic acids is 1. The van der Waals surface area contributed by atoms with Gasteiger partial charge in [-0.1, -0.05) is 0 Å². The molecule has 0 aliphatic carbocycles. The molecule has 0 radical (unpaired) electrons. The predicted molar refractivity (Wildman–Crippen MR) is 79.4 cm³/mol. The zero-order valence-electron chi connectivity index (χ0n) is 13.2. The minimum atomic E-state index is -1.21. The first-order valence-electron chi connectivity index (χ1n) is 7.68. The van der Waals surface area contributed by atoms with Crippen molar-refractivity contribution in [2.24, 2.45) is 0 Å². The number of halogens is 2. The summed E-state index contributed by atoms with van der Waals surface area (Å²) in [6.45, 7) is 1.11. The van der Waals surface area contributed by atoms with Crippen LogP contribution in [0.25, 0.3) is 0 Å². The molecule has 1 aromatic carbocycles. The Kier molecular flexibility index (Phi) is 4.27. The van der Waals surface area contributed by atoms with Crippen molar-refractivity contribution in [3.05, 3.63) is 35.4 Å². The number of ether oxygens (including phenoxy) is 1. The molecule has 1 atom stereocenters. The van der Waals surface area contributed by atoms with E-state index in [4.69, 9.17) is 4.74 Å². The third-order valence-corrected chi connectivity index (χ3v) is 4.69. The highest BCUT2D eigenvalue weighted by atomic mass is 19.1. The lowest BCUT2D eigenvalue weighted by Gasteiger charge is -2.43. The van der Waals surface area contributed by atoms with Crippen molar-refractivity contribution >= 4 is 11.9 Å². The van der Waals surface area contributed by atoms with Crippen molar-refractivity contribution in [2.45, 2.75) is 24.6 Å². The number of piperidine rings is 1. The molecule has 0 aromatic heterocycles. The van der Waals surface area contributed by atoms with Crippen LogP contribution in [0.2, 0.25) is 0 Å². The molecule has 2 saturated heterocycles. The van der Waals surface area contributed by atoms with E-state index >= 15 is 0 Å². The van der Waals surface area contributed by atoms with E-state index in [1.807, 2.05) is 11.9 Å². The largest absolute Gasteiger partial charge is 0.480 e. The molecule has 0 bridgehead atoms. The molecule has 2 aliphatic rings. The van der Waals surface area contributed by atoms with Crippen molar-refractivity contribution in [3.63, 3.8) is 0 Å². The SMILES string of the molecule is CN1CCC2(CC1)OC[C@@H](C(=O)O)N2C(=O)c1ccc(F)cc1F. The number of hydrogen-bond acceptors (Lipinski definition) is 4. The molecule has 1 amide bonds. The lowest BCUT2D eigenvalue weighted by atomic mass is 9.97. The van der Waals surface area contributed by atoms with Gasteiger partial charge < -0.3 is 14.7 Å². The number of carbonyl (C=O) groups is 2. The second-order valence-corrected chi connectivity index (χ2v) is 6.21. The molecule has 24 heavy (non-hydrogen) atoms. The van der Waals surface area contributed by atoms with Crippen LogP contribution in [0, 0.1) is 11.6 Å². The second kappa shape index (κ2) is 6.10. The molecule has 8 heteroatoms. The number of rotatable bonds is 2. The number of likely N-dealkylation sites (tertiary alicyclic amines) is 1. The van der Waals surface area contributed by atoms with Gasteiger partial charge >= 0.3 is 5.97 Å². The zero-order valence-corrected chi connectivity index (χ0v) is 13.2. The Labute approximate surface area is 137 Å². The maximum atomic E-state index is 14.0. The van der Waals surface area contributed by atoms with E-state index in [9.17, 15) is 23.5 Å². The molecule has 1 spiro atoms. The fourth-order valence-electron chi connectivity index (χ4n) is 3.32. The molecular weight excluding hydrogens is 322 g/mol. The van der Waals surface area contributed by atoms with Crippen LogP contribution in [0.4, 0.5) is 8.78 Å². The van der Waals surface area contributed by atoms with Gasteiger partial charge in [0.05, 0.1) is 12.2 Å². The lowest BCUT2D eigenvalue weighted by Crippen LogP contribution is -2.57. The van der Waals surface area contributed by atoms with Gasteiger partial charge in [0.2, 0.25) is 0 Å². The minimum Gasteiger partial charge on any atom is -0.480 e. The predicted octanol–water partition coefficient (Wildman–Crippen LogP) is 1.31. The molecule has 1 N–H and O–H groups in total. The Morgan fingerprint density at radius 3 is 2.54 bits per heavy atom. The summed E-state index contributed by atoms with van der Waals surface area (Å²) in [6, 6.07) is 1.43. The molecule has 6 nitrogen and oxygen atoms in total. The summed E-state index contributed by atoms with van der Waals surface area (Å²) in [7, 11) is 1.92. The second-order valence-electron chi connectivity index (χ2n) is 6.21. The van der Waals surface area contributed by atoms with Crippen molar-refractivity contribution < 1.29 is 28.2 Å². The summed E-state index contributed by atoms with van der Waals surface area (Å²) in [4.78, 5) is 27.6. The van der Waals surface area contributed by atoms with Gasteiger partial charge in [-0.25, -0.2) is 13.6 Å². The summed E-state index contributed by atoms with van der Waals surface area (Å²) in [5.41, 5.74) is -1.42. The van der Waals surface area contributed by atoms with Gasteiger partial charge in [-0.15, -0.1) is 0 Å². The van der Waals surface area contributed by atoms with Crippen LogP contribution in [-0.4, -0.2) is 65.3 Å². The maximum Gasteiger partial charge on any atom is 0.328 e. The molecule has 0 unspecified atom stereocenters. The molecular formula is C16H18F2N2O4. The summed E-state index contributed by atoms with van der Waals surface area (Å²) >= 11 is 0. The third-order valence-electron chi connectivity index (χ3n) is 4.69. The first-order chi connectivity index (χ1) is 11.3. The zero-order chi connectivity index (χ0) is 17.5. The summed E-state index contributed by atoms with van der Waals surface area (Å²) < 4.78 is 32.8. The van der Waals surface area contributed by atoms with Crippen LogP contribution < -0.4 is 0 Å². The van der Waals surface area contributed by atoms with Crippen LogP contribution >= 0.6 is 0 Å². The molecule has 3 rings (SSSR count). The quantitative estimate of drug-likeness (QED) is 0.879. The Balaban J connectivity index is 1.98. The average Bonchev–Trinajstić information content (AvgIpc) is 2.89. The van der Waals surface area contributed by atoms with Gasteiger partial charge in [-0.05, 0) is 19.2 Å². The highest BCUT2D eigenvalue weighted by Gasteiger charge is 2.54. The van der Waals surface area contributed by atoms with E-state index in [2.05, 4.69) is 0 Å². The Morgan fingerprint density at radius 1 is 1.29 bits per heavy atom. The summed E-state index contributed by atoms with van der Waals surface area (Å²) in [6.07, 6.45) is 0.865. The fraction of sp³-hybridized carbons (Fsp3) is 0.500. The van der Waals surface area contributed by atoms with Crippen LogP contribution in [0.5, 0.6) is 0 Å². The van der Waals surface area contributed by atoms with E-state index in [0.29, 0.717) is 32.0 Å². The van der Waals surface area contributed by atoms with Gasteiger partial charge in [-0.2, -0.15) is 0 Å². The Hall–Kier alpha value is -2.06. The first kappa shape index (κ1) is 16.8. The van der Waals surface area contributed by atoms with Crippen molar-refractivity contribution in [3.8, 4) is 0 Å². The number of carbonyl (C=O) groups excluding carboxylic acids is 1. The van der Waals surface area contributed by atoms with E-state index in [1.165, 1.54) is 0 Å². The van der Waals surface area contributed by atoms with Crippen molar-refractivity contribution in [1.29, 1.82) is 0 Å². The van der Waals surface area contributed by atoms with Crippen LogP contribution in [-0.2, 0) is 9.53 Å². The van der Waals surface area contributed by atoms with E-state index < -0.39 is 35.3 Å². The van der Waals surface area contributed by atoms with Crippen LogP contribution in [0.3, 0.4) is 0 Å². The maximum absolute atomic E-state index is 14.0. The van der Waals surface area contributed by atoms with E-state index in [-0.39, 0.29) is 12.2 Å². The van der Waals surface area contributed by atoms with Gasteiger partial charge in [0, 0.05) is 32.0 Å². The Bertz CT molecular complexity index is 674. The molecule has 2 aliphatic heterocycles. The Morgan fingerprint density at radius 2 is 1.96 bits per heavy atom. The fourth-order valence-corrected chi connectivity index (χ4v) is 3.32. The minimum absolute atomic E-state index is 0.145. The topological polar surface area (TPSA) is 70.1 Å². The van der Waals surface area contributed by atoms with Crippen LogP contribution in [0.1, 0.15) is 23.2 Å². The first-order valence-corrected chi connectivity index (χ1v) is 7.68. The number of nitrogens with zero attached hydrogens (tertiary/aromatic N) is 2. The van der Waals surface area contributed by atoms with Crippen LogP contribution in [0.15, 0.2) is 18.2 Å². The summed E-state index contributed by atoms with van der Waals surface area (Å²) in [5.74, 6) is -3.81. The van der Waals surface area contributed by atoms with Gasteiger partial charge in [0.25, 0.3) is 5.91 Å². The molecule has 2 heterocycles. The van der Waals surface area contributed by atoms with Gasteiger partial charge in [0.1, 0.15) is 17.4 Å². The van der Waals surface area contributed by atoms with Crippen molar-refractivity contribution in [1.82, 2.24) is 9.80 Å². The van der Waals surface area contributed by atoms with Gasteiger partial charge in [0.15, 0.2) is 6.04 Å². The lowest BCUT2D eigenvalue weighted by molar-refractivity contribution is -0.143. The molecule has 0 saturated carbocycles. The normalized spacial score (nSPS) is 23.6. The average molecular weight is 340 g/mol. The van der Waals surface area contributed by atoms with E-state index in [1.54, 1.807) is 0 Å². The smallest absolute Gasteiger partial charge is 0.328 e. The number of aliphatic carboxylic acids is 1. The number of carboxylic acid groups (broad SMARTS) is 1. The van der Waals surface area contributed by atoms with Crippen molar-refractivity contribution in [2.75, 3.05) is 26.7 Å². The molecule has 130 valence electrons. The van der Waals surface area contributed by atoms with Gasteiger partial charge in [-0.3, -0.25) is 9.69 Å². The van der Waals surface area contributed by atoms with E-state index in [0.717, 1.165) is 17.0 Å². The number of amides is 1.